The molecule has 0 amide bonds. The Labute approximate surface area is 218 Å². The summed E-state index contributed by atoms with van der Waals surface area (Å²) in [7, 11) is 1.78. The molecule has 1 aromatic rings. The van der Waals surface area contributed by atoms with Crippen molar-refractivity contribution in [3.8, 4) is 0 Å². The van der Waals surface area contributed by atoms with E-state index in [0.29, 0.717) is 49.7 Å². The van der Waals surface area contributed by atoms with Crippen molar-refractivity contribution in [2.24, 2.45) is 34.2 Å². The van der Waals surface area contributed by atoms with Gasteiger partial charge in [0.15, 0.2) is 0 Å². The van der Waals surface area contributed by atoms with E-state index in [1.54, 1.807) is 23.0 Å². The number of hydrazine groups is 2. The molecule has 2 aliphatic rings. The van der Waals surface area contributed by atoms with Gasteiger partial charge in [0.1, 0.15) is 5.84 Å². The number of carbonyl (C=O) groups is 1. The fraction of sp³-hybridized carbons (Fsp3) is 0.625. The number of hydrogen-bond acceptors (Lipinski definition) is 9. The second kappa shape index (κ2) is 15.3. The lowest BCUT2D eigenvalue weighted by molar-refractivity contribution is -0.134. The minimum atomic E-state index is -2.61. The zero-order valence-corrected chi connectivity index (χ0v) is 22.2. The quantitative estimate of drug-likeness (QED) is 0.138. The number of aromatic nitrogens is 1. The Morgan fingerprint density at radius 2 is 1.92 bits per heavy atom. The van der Waals surface area contributed by atoms with E-state index in [2.05, 4.69) is 16.7 Å². The maximum atomic E-state index is 13.5. The SMILES string of the molecule is C=C(N)c1ccc(N2CCCC(F)(F)C2)c(CC)n1.CC(=O)O.CN(N)CCN(N)/N=C(\N)CC1CC1. The van der Waals surface area contributed by atoms with E-state index >= 15 is 0 Å². The average Bonchev–Trinajstić information content (AvgIpc) is 3.60. The molecule has 1 aromatic heterocycles. The van der Waals surface area contributed by atoms with Crippen LogP contribution in [0, 0.1) is 5.92 Å². The highest BCUT2D eigenvalue weighted by Crippen LogP contribution is 2.32. The molecule has 1 aliphatic carbocycles. The van der Waals surface area contributed by atoms with Gasteiger partial charge in [-0.25, -0.2) is 29.7 Å². The van der Waals surface area contributed by atoms with E-state index in [-0.39, 0.29) is 13.0 Å². The first-order valence-corrected chi connectivity index (χ1v) is 12.3. The van der Waals surface area contributed by atoms with Crippen molar-refractivity contribution < 1.29 is 18.7 Å². The van der Waals surface area contributed by atoms with Gasteiger partial charge in [0.25, 0.3) is 11.9 Å². The van der Waals surface area contributed by atoms with Crippen molar-refractivity contribution in [1.82, 2.24) is 15.1 Å². The summed E-state index contributed by atoms with van der Waals surface area (Å²) >= 11 is 0. The monoisotopic (exact) mass is 527 g/mol. The van der Waals surface area contributed by atoms with Crippen molar-refractivity contribution in [1.29, 1.82) is 0 Å². The smallest absolute Gasteiger partial charge is 0.300 e. The number of halogens is 2. The van der Waals surface area contributed by atoms with Crippen molar-refractivity contribution in [2.75, 3.05) is 38.1 Å². The van der Waals surface area contributed by atoms with Gasteiger partial charge in [0, 0.05) is 39.9 Å². The highest BCUT2D eigenvalue weighted by Gasteiger charge is 2.35. The molecule has 0 radical (unpaired) electrons. The minimum absolute atomic E-state index is 0.0317. The first-order chi connectivity index (χ1) is 17.2. The number of piperidine rings is 1. The van der Waals surface area contributed by atoms with Gasteiger partial charge >= 0.3 is 0 Å². The van der Waals surface area contributed by atoms with Gasteiger partial charge in [-0.2, -0.15) is 0 Å². The Kier molecular flexibility index (Phi) is 13.2. The Morgan fingerprint density at radius 3 is 2.41 bits per heavy atom. The molecule has 1 saturated carbocycles. The number of aryl methyl sites for hydroxylation is 1. The van der Waals surface area contributed by atoms with Crippen LogP contribution in [0.3, 0.4) is 0 Å². The van der Waals surface area contributed by atoms with Crippen LogP contribution < -0.4 is 28.1 Å². The van der Waals surface area contributed by atoms with Crippen LogP contribution in [0.5, 0.6) is 0 Å². The molecule has 0 spiro atoms. The second-order valence-electron chi connectivity index (χ2n) is 9.32. The molecule has 9 N–H and O–H groups in total. The maximum Gasteiger partial charge on any atom is 0.300 e. The summed E-state index contributed by atoms with van der Waals surface area (Å²) in [6, 6.07) is 3.56. The Hall–Kier alpha value is -3.03. The van der Waals surface area contributed by atoms with Gasteiger partial charge in [-0.3, -0.25) is 10.6 Å². The highest BCUT2D eigenvalue weighted by atomic mass is 19.3. The van der Waals surface area contributed by atoms with Gasteiger partial charge in [0.05, 0.1) is 35.9 Å². The molecule has 13 heteroatoms. The van der Waals surface area contributed by atoms with Crippen molar-refractivity contribution in [3.63, 3.8) is 0 Å². The molecule has 2 fully saturated rings. The number of likely N-dealkylation sites (N-methyl/N-ethyl adjacent to an activating group) is 1. The van der Waals surface area contributed by atoms with Crippen molar-refractivity contribution >= 4 is 23.2 Å². The van der Waals surface area contributed by atoms with Gasteiger partial charge in [-0.05, 0) is 43.7 Å². The molecule has 37 heavy (non-hydrogen) atoms. The van der Waals surface area contributed by atoms with Crippen LogP contribution in [-0.2, 0) is 11.2 Å². The largest absolute Gasteiger partial charge is 0.481 e. The standard InChI is InChI=1S/C14H19F2N3.C8H20N6.C2H4O2/c1-3-11-13(6-5-12(18-11)10(2)17)19-8-4-7-14(15,16)9-19;1-13(10)4-5-14(11)12-8(9)6-7-2-3-7;1-2(3)4/h5-6H,2-4,7-9,17H2,1H3;7H,2-6,10-11H2,1H3,(H2,9,12);1H3,(H,3,4). The predicted molar refractivity (Wildman–Crippen MR) is 143 cm³/mol. The van der Waals surface area contributed by atoms with E-state index in [1.807, 2.05) is 13.0 Å². The van der Waals surface area contributed by atoms with Gasteiger partial charge < -0.3 is 21.5 Å². The van der Waals surface area contributed by atoms with Crippen LogP contribution >= 0.6 is 0 Å². The molecular formula is C24H43F2N9O2. The Balaban J connectivity index is 0.000000335. The molecular weight excluding hydrogens is 484 g/mol. The van der Waals surface area contributed by atoms with Crippen molar-refractivity contribution in [3.05, 3.63) is 30.1 Å². The number of nitrogens with two attached hydrogens (primary N) is 4. The molecule has 0 unspecified atom stereocenters. The normalized spacial score (nSPS) is 16.8. The van der Waals surface area contributed by atoms with Crippen LogP contribution in [0.25, 0.3) is 5.70 Å². The van der Waals surface area contributed by atoms with Crippen LogP contribution in [0.4, 0.5) is 14.5 Å². The van der Waals surface area contributed by atoms with Crippen LogP contribution in [0.2, 0.25) is 0 Å². The van der Waals surface area contributed by atoms with Crippen LogP contribution in [0.15, 0.2) is 23.8 Å². The third kappa shape index (κ3) is 13.7. The first kappa shape index (κ1) is 32.0. The number of hydrogen-bond donors (Lipinski definition) is 5. The lowest BCUT2D eigenvalue weighted by atomic mass is 10.1. The number of nitrogens with zero attached hydrogens (tertiary/aromatic N) is 5. The molecule has 11 nitrogen and oxygen atoms in total. The number of rotatable bonds is 9. The van der Waals surface area contributed by atoms with E-state index in [0.717, 1.165) is 30.6 Å². The lowest BCUT2D eigenvalue weighted by Gasteiger charge is -2.35. The molecule has 3 rings (SSSR count). The molecule has 210 valence electrons. The molecule has 0 bridgehead atoms. The predicted octanol–water partition coefficient (Wildman–Crippen LogP) is 1.94. The van der Waals surface area contributed by atoms with Gasteiger partial charge in [0.2, 0.25) is 0 Å². The number of alkyl halides is 2. The molecule has 0 atom stereocenters. The second-order valence-corrected chi connectivity index (χ2v) is 9.32. The summed E-state index contributed by atoms with van der Waals surface area (Å²) < 4.78 is 27.0. The number of carboxylic acid groups (broad SMARTS) is 1. The highest BCUT2D eigenvalue weighted by molar-refractivity contribution is 5.80. The number of hydrazone groups is 1. The van der Waals surface area contributed by atoms with Crippen LogP contribution in [0.1, 0.15) is 57.3 Å². The minimum Gasteiger partial charge on any atom is -0.481 e. The summed E-state index contributed by atoms with van der Waals surface area (Å²) in [6.07, 6.45) is 4.56. The third-order valence-electron chi connectivity index (χ3n) is 5.48. The van der Waals surface area contributed by atoms with Gasteiger partial charge in [-0.15, -0.1) is 5.10 Å². The van der Waals surface area contributed by atoms with E-state index in [4.69, 9.17) is 33.1 Å². The number of pyridine rings is 1. The lowest BCUT2D eigenvalue weighted by Crippen LogP contribution is -2.43. The Morgan fingerprint density at radius 1 is 1.30 bits per heavy atom. The third-order valence-corrected chi connectivity index (χ3v) is 5.48. The Bertz CT molecular complexity index is 904. The molecule has 0 aromatic carbocycles. The summed E-state index contributed by atoms with van der Waals surface area (Å²) in [5.41, 5.74) is 13.9. The number of aliphatic carboxylic acids is 1. The van der Waals surface area contributed by atoms with Crippen molar-refractivity contribution in [2.45, 2.75) is 58.3 Å². The molecule has 1 aliphatic heterocycles. The molecule has 2 heterocycles. The average molecular weight is 528 g/mol. The first-order valence-electron chi connectivity index (χ1n) is 12.3. The van der Waals surface area contributed by atoms with E-state index < -0.39 is 11.9 Å². The fourth-order valence-electron chi connectivity index (χ4n) is 3.53. The zero-order chi connectivity index (χ0) is 28.2. The number of anilines is 1. The zero-order valence-electron chi connectivity index (χ0n) is 22.2. The molecule has 1 saturated heterocycles. The van der Waals surface area contributed by atoms with Crippen LogP contribution in [-0.4, -0.2) is 71.2 Å². The summed E-state index contributed by atoms with van der Waals surface area (Å²) in [4.78, 5) is 15.1. The van der Waals surface area contributed by atoms with E-state index in [9.17, 15) is 8.78 Å². The fourth-order valence-corrected chi connectivity index (χ4v) is 3.53. The number of amidine groups is 1. The topological polar surface area (TPSA) is 176 Å². The summed E-state index contributed by atoms with van der Waals surface area (Å²) in [5.74, 6) is 8.95. The van der Waals surface area contributed by atoms with Gasteiger partial charge in [-0.1, -0.05) is 13.5 Å². The summed E-state index contributed by atoms with van der Waals surface area (Å²) in [5, 5.41) is 14.4. The summed E-state index contributed by atoms with van der Waals surface area (Å²) in [6.45, 7) is 8.35. The maximum absolute atomic E-state index is 13.5. The van der Waals surface area contributed by atoms with E-state index in [1.165, 1.54) is 18.0 Å². The number of carboxylic acids is 1.